The van der Waals surface area contributed by atoms with E-state index in [9.17, 15) is 9.59 Å². The molecular formula is C13H25N3O2. The highest BCUT2D eigenvalue weighted by molar-refractivity contribution is 5.80. The Morgan fingerprint density at radius 3 is 2.72 bits per heavy atom. The van der Waals surface area contributed by atoms with Crippen molar-refractivity contribution in [1.29, 1.82) is 0 Å². The lowest BCUT2D eigenvalue weighted by molar-refractivity contribution is -0.132. The molecule has 104 valence electrons. The zero-order valence-corrected chi connectivity index (χ0v) is 11.7. The van der Waals surface area contributed by atoms with Gasteiger partial charge in [0, 0.05) is 33.1 Å². The molecule has 0 spiro atoms. The van der Waals surface area contributed by atoms with Gasteiger partial charge in [0.05, 0.1) is 5.92 Å². The van der Waals surface area contributed by atoms with Crippen molar-refractivity contribution in [3.63, 3.8) is 0 Å². The lowest BCUT2D eigenvalue weighted by Gasteiger charge is -2.26. The zero-order chi connectivity index (χ0) is 13.5. The minimum absolute atomic E-state index is 0.0227. The van der Waals surface area contributed by atoms with Crippen molar-refractivity contribution in [2.45, 2.75) is 38.6 Å². The van der Waals surface area contributed by atoms with Crippen LogP contribution in [0.3, 0.4) is 0 Å². The zero-order valence-electron chi connectivity index (χ0n) is 11.7. The first-order valence-electron chi connectivity index (χ1n) is 6.73. The highest BCUT2D eigenvalue weighted by Gasteiger charge is 2.21. The number of carbonyl (C=O) groups excluding carboxylic acids is 2. The highest BCUT2D eigenvalue weighted by atomic mass is 16.2. The molecule has 1 aliphatic rings. The Balaban J connectivity index is 2.33. The number of rotatable bonds is 5. The van der Waals surface area contributed by atoms with E-state index in [1.807, 2.05) is 6.92 Å². The monoisotopic (exact) mass is 255 g/mol. The molecule has 18 heavy (non-hydrogen) atoms. The molecule has 1 heterocycles. The predicted octanol–water partition coefficient (Wildman–Crippen LogP) is 0.359. The second-order valence-electron chi connectivity index (χ2n) is 5.14. The van der Waals surface area contributed by atoms with Crippen LogP contribution in [-0.2, 0) is 9.59 Å². The molecule has 1 saturated heterocycles. The molecule has 1 rings (SSSR count). The second-order valence-corrected chi connectivity index (χ2v) is 5.14. The van der Waals surface area contributed by atoms with Gasteiger partial charge in [0.2, 0.25) is 11.8 Å². The van der Waals surface area contributed by atoms with Gasteiger partial charge in [-0.15, -0.1) is 0 Å². The average Bonchev–Trinajstić information content (AvgIpc) is 2.38. The molecule has 2 unspecified atom stereocenters. The molecule has 0 aromatic heterocycles. The third-order valence-electron chi connectivity index (χ3n) is 3.50. The maximum atomic E-state index is 12.0. The molecule has 0 aromatic rings. The Labute approximate surface area is 109 Å². The molecule has 0 radical (unpaired) electrons. The Bertz CT molecular complexity index is 288. The summed E-state index contributed by atoms with van der Waals surface area (Å²) < 4.78 is 0. The fourth-order valence-electron chi connectivity index (χ4n) is 2.31. The van der Waals surface area contributed by atoms with Gasteiger partial charge in [0.1, 0.15) is 0 Å². The van der Waals surface area contributed by atoms with Gasteiger partial charge in [0.25, 0.3) is 0 Å². The van der Waals surface area contributed by atoms with Crippen molar-refractivity contribution >= 4 is 11.8 Å². The van der Waals surface area contributed by atoms with Crippen molar-refractivity contribution in [3.8, 4) is 0 Å². The fraction of sp³-hybridized carbons (Fsp3) is 0.846. The van der Waals surface area contributed by atoms with Crippen molar-refractivity contribution in [3.05, 3.63) is 0 Å². The molecule has 5 nitrogen and oxygen atoms in total. The summed E-state index contributed by atoms with van der Waals surface area (Å²) in [5, 5.41) is 5.97. The van der Waals surface area contributed by atoms with Crippen molar-refractivity contribution in [1.82, 2.24) is 15.5 Å². The molecule has 1 fully saturated rings. The van der Waals surface area contributed by atoms with E-state index >= 15 is 0 Å². The first kappa shape index (κ1) is 15.0. The van der Waals surface area contributed by atoms with E-state index in [1.54, 1.807) is 19.0 Å². The standard InChI is InChI=1S/C13H25N3O2/c1-10(13(18)14-2)9-16(3)12(17)8-11-6-4-5-7-15-11/h10-11,15H,4-9H2,1-3H3,(H,14,18). The number of carbonyl (C=O) groups is 2. The molecule has 2 amide bonds. The Hall–Kier alpha value is -1.10. The van der Waals surface area contributed by atoms with Gasteiger partial charge in [-0.05, 0) is 19.4 Å². The number of nitrogens with zero attached hydrogens (tertiary/aromatic N) is 1. The normalized spacial score (nSPS) is 21.2. The van der Waals surface area contributed by atoms with Crippen molar-refractivity contribution in [2.75, 3.05) is 27.2 Å². The van der Waals surface area contributed by atoms with E-state index < -0.39 is 0 Å². The molecule has 0 saturated carbocycles. The van der Waals surface area contributed by atoms with Gasteiger partial charge < -0.3 is 15.5 Å². The van der Waals surface area contributed by atoms with E-state index in [4.69, 9.17) is 0 Å². The van der Waals surface area contributed by atoms with Crippen LogP contribution in [0.1, 0.15) is 32.6 Å². The maximum Gasteiger partial charge on any atom is 0.224 e. The molecule has 1 aliphatic heterocycles. The van der Waals surface area contributed by atoms with E-state index in [2.05, 4.69) is 10.6 Å². The molecule has 2 atom stereocenters. The minimum Gasteiger partial charge on any atom is -0.359 e. The van der Waals surface area contributed by atoms with Crippen LogP contribution < -0.4 is 10.6 Å². The van der Waals surface area contributed by atoms with Crippen LogP contribution in [0.15, 0.2) is 0 Å². The van der Waals surface area contributed by atoms with E-state index in [1.165, 1.54) is 12.8 Å². The SMILES string of the molecule is CNC(=O)C(C)CN(C)C(=O)CC1CCCCN1. The third kappa shape index (κ3) is 4.64. The maximum absolute atomic E-state index is 12.0. The molecule has 2 N–H and O–H groups in total. The summed E-state index contributed by atoms with van der Waals surface area (Å²) in [7, 11) is 3.39. The Morgan fingerprint density at radius 1 is 1.44 bits per heavy atom. The smallest absolute Gasteiger partial charge is 0.224 e. The van der Waals surface area contributed by atoms with Gasteiger partial charge in [-0.1, -0.05) is 13.3 Å². The Kier molecular flexibility index (Phi) is 6.12. The van der Waals surface area contributed by atoms with Gasteiger partial charge in [0.15, 0.2) is 0 Å². The van der Waals surface area contributed by atoms with Crippen molar-refractivity contribution < 1.29 is 9.59 Å². The highest BCUT2D eigenvalue weighted by Crippen LogP contribution is 2.11. The minimum atomic E-state index is -0.164. The summed E-state index contributed by atoms with van der Waals surface area (Å²) in [6.45, 7) is 3.32. The lowest BCUT2D eigenvalue weighted by atomic mass is 10.0. The van der Waals surface area contributed by atoms with Gasteiger partial charge in [-0.25, -0.2) is 0 Å². The van der Waals surface area contributed by atoms with Gasteiger partial charge >= 0.3 is 0 Å². The number of hydrogen-bond donors (Lipinski definition) is 2. The van der Waals surface area contributed by atoms with E-state index in [0.29, 0.717) is 19.0 Å². The van der Waals surface area contributed by atoms with Crippen LogP contribution in [0.5, 0.6) is 0 Å². The molecular weight excluding hydrogens is 230 g/mol. The summed E-state index contributed by atoms with van der Waals surface area (Å²) in [4.78, 5) is 25.1. The summed E-state index contributed by atoms with van der Waals surface area (Å²) in [5.41, 5.74) is 0. The van der Waals surface area contributed by atoms with Crippen molar-refractivity contribution in [2.24, 2.45) is 5.92 Å². The molecule has 0 aromatic carbocycles. The largest absolute Gasteiger partial charge is 0.359 e. The summed E-state index contributed by atoms with van der Waals surface area (Å²) in [6.07, 6.45) is 4.01. The first-order valence-corrected chi connectivity index (χ1v) is 6.73. The van der Waals surface area contributed by atoms with Crippen LogP contribution in [0.4, 0.5) is 0 Å². The van der Waals surface area contributed by atoms with E-state index in [-0.39, 0.29) is 17.7 Å². The topological polar surface area (TPSA) is 61.4 Å². The fourth-order valence-corrected chi connectivity index (χ4v) is 2.31. The van der Waals surface area contributed by atoms with Crippen LogP contribution in [0, 0.1) is 5.92 Å². The predicted molar refractivity (Wildman–Crippen MR) is 71.1 cm³/mol. The number of nitrogens with one attached hydrogen (secondary N) is 2. The number of hydrogen-bond acceptors (Lipinski definition) is 3. The Morgan fingerprint density at radius 2 is 2.17 bits per heavy atom. The van der Waals surface area contributed by atoms with Crippen LogP contribution in [-0.4, -0.2) is 49.9 Å². The summed E-state index contributed by atoms with van der Waals surface area (Å²) in [6, 6.07) is 0.309. The third-order valence-corrected chi connectivity index (χ3v) is 3.50. The average molecular weight is 255 g/mol. The number of piperidine rings is 1. The number of amides is 2. The quantitative estimate of drug-likeness (QED) is 0.745. The molecule has 5 heteroatoms. The summed E-state index contributed by atoms with van der Waals surface area (Å²) >= 11 is 0. The van der Waals surface area contributed by atoms with Gasteiger partial charge in [-0.3, -0.25) is 9.59 Å². The van der Waals surface area contributed by atoms with Gasteiger partial charge in [-0.2, -0.15) is 0 Å². The van der Waals surface area contributed by atoms with Crippen LogP contribution >= 0.6 is 0 Å². The van der Waals surface area contributed by atoms with Crippen LogP contribution in [0.25, 0.3) is 0 Å². The molecule has 0 aliphatic carbocycles. The first-order chi connectivity index (χ1) is 8.54. The lowest BCUT2D eigenvalue weighted by Crippen LogP contribution is -2.42. The van der Waals surface area contributed by atoms with Crippen LogP contribution in [0.2, 0.25) is 0 Å². The van der Waals surface area contributed by atoms with E-state index in [0.717, 1.165) is 13.0 Å². The summed E-state index contributed by atoms with van der Waals surface area (Å²) in [5.74, 6) is -0.0705. The molecule has 0 bridgehead atoms. The second kappa shape index (κ2) is 7.36.